The Hall–Kier alpha value is -1.06. The summed E-state index contributed by atoms with van der Waals surface area (Å²) >= 11 is 0. The van der Waals surface area contributed by atoms with Crippen molar-refractivity contribution < 1.29 is 9.53 Å². The zero-order valence-corrected chi connectivity index (χ0v) is 12.1. The van der Waals surface area contributed by atoms with E-state index in [1.54, 1.807) is 0 Å². The van der Waals surface area contributed by atoms with E-state index in [2.05, 4.69) is 17.4 Å². The van der Waals surface area contributed by atoms with Crippen LogP contribution in [0.1, 0.15) is 24.8 Å². The molecule has 1 fully saturated rings. The maximum absolute atomic E-state index is 12.0. The molecule has 0 saturated carbocycles. The molecule has 1 aromatic carbocycles. The number of carbonyl (C=O) groups is 1. The average molecular weight is 284 g/mol. The molecule has 3 nitrogen and oxygen atoms in total. The van der Waals surface area contributed by atoms with Crippen LogP contribution in [-0.2, 0) is 16.0 Å². The van der Waals surface area contributed by atoms with Crippen LogP contribution < -0.4 is 5.32 Å². The van der Waals surface area contributed by atoms with Crippen molar-refractivity contribution in [1.82, 2.24) is 5.32 Å². The minimum Gasteiger partial charge on any atom is -0.469 e. The van der Waals surface area contributed by atoms with Gasteiger partial charge in [-0.25, -0.2) is 0 Å². The summed E-state index contributed by atoms with van der Waals surface area (Å²) in [4.78, 5) is 12.0. The van der Waals surface area contributed by atoms with Gasteiger partial charge in [-0.15, -0.1) is 12.4 Å². The van der Waals surface area contributed by atoms with E-state index in [4.69, 9.17) is 4.74 Å². The lowest BCUT2D eigenvalue weighted by atomic mass is 9.87. The summed E-state index contributed by atoms with van der Waals surface area (Å²) in [5, 5.41) is 3.45. The fourth-order valence-corrected chi connectivity index (χ4v) is 2.63. The Labute approximate surface area is 121 Å². The summed E-state index contributed by atoms with van der Waals surface area (Å²) in [5.74, 6) is -0.170. The standard InChI is InChI=1S/C15H21NO2.ClH/c1-18-15(17)13(14-9-5-6-10-16-14)11-12-7-3-2-4-8-12;/h2-4,7-8,13-14,16H,5-6,9-11H2,1H3;1H. The van der Waals surface area contributed by atoms with Gasteiger partial charge in [0.2, 0.25) is 0 Å². The summed E-state index contributed by atoms with van der Waals surface area (Å²) < 4.78 is 4.96. The summed E-state index contributed by atoms with van der Waals surface area (Å²) in [6.07, 6.45) is 4.22. The molecule has 0 spiro atoms. The molecule has 19 heavy (non-hydrogen) atoms. The van der Waals surface area contributed by atoms with Crippen LogP contribution in [0.4, 0.5) is 0 Å². The molecule has 0 aliphatic carbocycles. The van der Waals surface area contributed by atoms with E-state index in [9.17, 15) is 4.79 Å². The van der Waals surface area contributed by atoms with Gasteiger partial charge in [-0.3, -0.25) is 4.79 Å². The molecule has 4 heteroatoms. The minimum absolute atomic E-state index is 0. The zero-order chi connectivity index (χ0) is 12.8. The molecular formula is C15H22ClNO2. The average Bonchev–Trinajstić information content (AvgIpc) is 2.46. The summed E-state index contributed by atoms with van der Waals surface area (Å²) in [6.45, 7) is 1.01. The molecule has 1 aromatic rings. The van der Waals surface area contributed by atoms with E-state index in [0.29, 0.717) is 0 Å². The molecule has 2 unspecified atom stereocenters. The molecule has 1 aliphatic rings. The highest BCUT2D eigenvalue weighted by molar-refractivity contribution is 5.85. The predicted molar refractivity (Wildman–Crippen MR) is 78.5 cm³/mol. The van der Waals surface area contributed by atoms with Crippen molar-refractivity contribution >= 4 is 18.4 Å². The van der Waals surface area contributed by atoms with Gasteiger partial charge in [0.15, 0.2) is 0 Å². The number of carbonyl (C=O) groups excluding carboxylic acids is 1. The topological polar surface area (TPSA) is 38.3 Å². The molecule has 1 N–H and O–H groups in total. The number of hydrogen-bond acceptors (Lipinski definition) is 3. The second kappa shape index (κ2) is 8.18. The number of rotatable bonds is 4. The summed E-state index contributed by atoms with van der Waals surface area (Å²) in [5.41, 5.74) is 1.19. The number of esters is 1. The first kappa shape index (κ1) is 16.0. The number of hydrogen-bond donors (Lipinski definition) is 1. The van der Waals surface area contributed by atoms with Crippen molar-refractivity contribution in [3.63, 3.8) is 0 Å². The number of ether oxygens (including phenoxy) is 1. The van der Waals surface area contributed by atoms with Crippen LogP contribution in [0.2, 0.25) is 0 Å². The normalized spacial score (nSPS) is 20.2. The Kier molecular flexibility index (Phi) is 6.89. The molecule has 1 heterocycles. The minimum atomic E-state index is -0.0988. The van der Waals surface area contributed by atoms with Gasteiger partial charge in [0, 0.05) is 6.04 Å². The molecule has 106 valence electrons. The largest absolute Gasteiger partial charge is 0.469 e. The maximum atomic E-state index is 12.0. The lowest BCUT2D eigenvalue weighted by Gasteiger charge is -2.29. The first-order chi connectivity index (χ1) is 8.81. The Morgan fingerprint density at radius 3 is 2.68 bits per heavy atom. The highest BCUT2D eigenvalue weighted by Gasteiger charge is 2.30. The molecule has 2 rings (SSSR count). The number of halogens is 1. The third-order valence-corrected chi connectivity index (χ3v) is 3.64. The number of benzene rings is 1. The number of piperidine rings is 1. The quantitative estimate of drug-likeness (QED) is 0.863. The fourth-order valence-electron chi connectivity index (χ4n) is 2.63. The first-order valence-corrected chi connectivity index (χ1v) is 6.66. The number of nitrogens with one attached hydrogen (secondary N) is 1. The molecule has 0 bridgehead atoms. The van der Waals surface area contributed by atoms with Crippen LogP contribution in [0, 0.1) is 5.92 Å². The maximum Gasteiger partial charge on any atom is 0.310 e. The van der Waals surface area contributed by atoms with E-state index < -0.39 is 0 Å². The Morgan fingerprint density at radius 1 is 1.37 bits per heavy atom. The second-order valence-electron chi connectivity index (χ2n) is 4.88. The smallest absolute Gasteiger partial charge is 0.310 e. The first-order valence-electron chi connectivity index (χ1n) is 6.66. The van der Waals surface area contributed by atoms with Gasteiger partial charge in [0.1, 0.15) is 0 Å². The van der Waals surface area contributed by atoms with Crippen LogP contribution in [0.25, 0.3) is 0 Å². The van der Waals surface area contributed by atoms with Gasteiger partial charge in [-0.05, 0) is 31.4 Å². The molecular weight excluding hydrogens is 262 g/mol. The van der Waals surface area contributed by atoms with Gasteiger partial charge in [0.25, 0.3) is 0 Å². The fraction of sp³-hybridized carbons (Fsp3) is 0.533. The lowest BCUT2D eigenvalue weighted by Crippen LogP contribution is -2.44. The lowest BCUT2D eigenvalue weighted by molar-refractivity contribution is -0.146. The van der Waals surface area contributed by atoms with E-state index in [1.165, 1.54) is 25.5 Å². The second-order valence-corrected chi connectivity index (χ2v) is 4.88. The van der Waals surface area contributed by atoms with Crippen molar-refractivity contribution in [1.29, 1.82) is 0 Å². The van der Waals surface area contributed by atoms with Gasteiger partial charge in [-0.2, -0.15) is 0 Å². The monoisotopic (exact) mass is 283 g/mol. The molecule has 1 aliphatic heterocycles. The van der Waals surface area contributed by atoms with E-state index in [0.717, 1.165) is 19.4 Å². The van der Waals surface area contributed by atoms with E-state index in [1.807, 2.05) is 18.2 Å². The van der Waals surface area contributed by atoms with Gasteiger partial charge in [0.05, 0.1) is 13.0 Å². The highest BCUT2D eigenvalue weighted by atomic mass is 35.5. The van der Waals surface area contributed by atoms with Gasteiger partial charge >= 0.3 is 5.97 Å². The van der Waals surface area contributed by atoms with Crippen molar-refractivity contribution in [2.75, 3.05) is 13.7 Å². The SMILES string of the molecule is COC(=O)C(Cc1ccccc1)C1CCCCN1.Cl. The molecule has 2 atom stereocenters. The Morgan fingerprint density at radius 2 is 2.11 bits per heavy atom. The van der Waals surface area contributed by atoms with E-state index in [-0.39, 0.29) is 30.3 Å². The predicted octanol–water partition coefficient (Wildman–Crippen LogP) is 2.58. The van der Waals surface area contributed by atoms with E-state index >= 15 is 0 Å². The molecule has 0 radical (unpaired) electrons. The van der Waals surface area contributed by atoms with Crippen LogP contribution in [-0.4, -0.2) is 25.7 Å². The highest BCUT2D eigenvalue weighted by Crippen LogP contribution is 2.20. The Bertz CT molecular complexity index is 377. The zero-order valence-electron chi connectivity index (χ0n) is 11.3. The van der Waals surface area contributed by atoms with Gasteiger partial charge < -0.3 is 10.1 Å². The van der Waals surface area contributed by atoms with Crippen LogP contribution in [0.5, 0.6) is 0 Å². The van der Waals surface area contributed by atoms with Gasteiger partial charge in [-0.1, -0.05) is 36.8 Å². The van der Waals surface area contributed by atoms with Crippen molar-refractivity contribution in [3.8, 4) is 0 Å². The summed E-state index contributed by atoms with van der Waals surface area (Å²) in [7, 11) is 1.48. The third kappa shape index (κ3) is 4.51. The third-order valence-electron chi connectivity index (χ3n) is 3.64. The van der Waals surface area contributed by atoms with Crippen molar-refractivity contribution in [3.05, 3.63) is 35.9 Å². The molecule has 0 aromatic heterocycles. The van der Waals surface area contributed by atoms with Crippen LogP contribution in [0.15, 0.2) is 30.3 Å². The van der Waals surface area contributed by atoms with Crippen LogP contribution >= 0.6 is 12.4 Å². The molecule has 1 saturated heterocycles. The van der Waals surface area contributed by atoms with Crippen LogP contribution in [0.3, 0.4) is 0 Å². The van der Waals surface area contributed by atoms with Crippen molar-refractivity contribution in [2.24, 2.45) is 5.92 Å². The Balaban J connectivity index is 0.00000180. The summed E-state index contributed by atoms with van der Waals surface area (Å²) in [6, 6.07) is 10.4. The molecule has 0 amide bonds. The van der Waals surface area contributed by atoms with Crippen molar-refractivity contribution in [2.45, 2.75) is 31.7 Å². The number of methoxy groups -OCH3 is 1.